The van der Waals surface area contributed by atoms with E-state index in [-0.39, 0.29) is 43.7 Å². The van der Waals surface area contributed by atoms with Crippen molar-refractivity contribution in [3.05, 3.63) is 47.0 Å². The van der Waals surface area contributed by atoms with Crippen LogP contribution in [0.5, 0.6) is 23.0 Å². The van der Waals surface area contributed by atoms with Crippen LogP contribution in [0, 0.1) is 5.92 Å². The highest BCUT2D eigenvalue weighted by Crippen LogP contribution is 2.52. The molecule has 10 heteroatoms. The first-order valence-corrected chi connectivity index (χ1v) is 12.4. The molecule has 10 nitrogen and oxygen atoms in total. The van der Waals surface area contributed by atoms with Crippen molar-refractivity contribution in [2.75, 3.05) is 34.0 Å². The van der Waals surface area contributed by atoms with E-state index in [1.807, 2.05) is 12.1 Å². The zero-order valence-electron chi connectivity index (χ0n) is 21.0. The average Bonchev–Trinajstić information content (AvgIpc) is 3.28. The van der Waals surface area contributed by atoms with Crippen molar-refractivity contribution in [1.29, 1.82) is 0 Å². The third kappa shape index (κ3) is 5.50. The van der Waals surface area contributed by atoms with Gasteiger partial charge in [0.1, 0.15) is 18.3 Å². The zero-order valence-corrected chi connectivity index (χ0v) is 21.0. The van der Waals surface area contributed by atoms with Crippen molar-refractivity contribution in [3.63, 3.8) is 0 Å². The van der Waals surface area contributed by atoms with Gasteiger partial charge in [-0.2, -0.15) is 0 Å². The highest BCUT2D eigenvalue weighted by molar-refractivity contribution is 5.56. The third-order valence-electron chi connectivity index (χ3n) is 7.35. The summed E-state index contributed by atoms with van der Waals surface area (Å²) < 4.78 is 23.4. The Kier molecular flexibility index (Phi) is 8.79. The minimum absolute atomic E-state index is 0.00801. The maximum Gasteiger partial charge on any atom is 0.165 e. The first-order chi connectivity index (χ1) is 17.8. The minimum atomic E-state index is -1.44. The fraction of sp³-hybridized carbons (Fsp3) is 0.556. The number of ether oxygens (including phenoxy) is 4. The first-order valence-electron chi connectivity index (χ1n) is 12.4. The Hall–Kier alpha value is -2.60. The van der Waals surface area contributed by atoms with Gasteiger partial charge in [0, 0.05) is 24.7 Å². The van der Waals surface area contributed by atoms with Crippen molar-refractivity contribution in [2.45, 2.75) is 55.7 Å². The molecule has 4 rings (SSSR count). The van der Waals surface area contributed by atoms with Crippen LogP contribution in [0.15, 0.2) is 30.3 Å². The summed E-state index contributed by atoms with van der Waals surface area (Å²) in [5, 5.41) is 60.0. The molecular formula is C27H36O10. The van der Waals surface area contributed by atoms with Crippen LogP contribution in [0.3, 0.4) is 0 Å². The van der Waals surface area contributed by atoms with Crippen LogP contribution in [0.25, 0.3) is 0 Å². The molecule has 0 saturated heterocycles. The van der Waals surface area contributed by atoms with Gasteiger partial charge in [0.25, 0.3) is 0 Å². The van der Waals surface area contributed by atoms with Crippen LogP contribution in [0.2, 0.25) is 0 Å². The number of aromatic hydroxyl groups is 1. The number of phenolic OH excluding ortho intramolecular Hbond substituents is 1. The Balaban J connectivity index is 1.68. The molecule has 0 amide bonds. The summed E-state index contributed by atoms with van der Waals surface area (Å²) in [5.41, 5.74) is 2.51. The molecule has 2 aromatic rings. The molecule has 0 unspecified atom stereocenters. The molecule has 0 spiro atoms. The van der Waals surface area contributed by atoms with E-state index in [4.69, 9.17) is 18.9 Å². The first kappa shape index (κ1) is 27.4. The highest BCUT2D eigenvalue weighted by atomic mass is 16.5. The lowest BCUT2D eigenvalue weighted by Crippen LogP contribution is -2.55. The van der Waals surface area contributed by atoms with Crippen LogP contribution in [-0.4, -0.2) is 89.1 Å². The Bertz CT molecular complexity index is 1060. The SMILES string of the molecule is COc1cc([C@@H]2Oc3c(OC)cc(CCCO)cc3[C@H]2CO[C@@H]2C[C@H](CO)[C@@H](O)[C@H](O)[C@H]2O)ccc1O. The number of phenols is 1. The van der Waals surface area contributed by atoms with Gasteiger partial charge in [-0.25, -0.2) is 0 Å². The lowest BCUT2D eigenvalue weighted by atomic mass is 9.81. The Morgan fingerprint density at radius 2 is 1.70 bits per heavy atom. The van der Waals surface area contributed by atoms with E-state index in [1.54, 1.807) is 19.2 Å². The monoisotopic (exact) mass is 520 g/mol. The summed E-state index contributed by atoms with van der Waals surface area (Å²) in [7, 11) is 3.01. The molecule has 1 heterocycles. The summed E-state index contributed by atoms with van der Waals surface area (Å²) in [4.78, 5) is 0. The van der Waals surface area contributed by atoms with E-state index in [2.05, 4.69) is 0 Å². The number of rotatable bonds is 10. The quantitative estimate of drug-likeness (QED) is 0.267. The molecule has 7 atom stereocenters. The van der Waals surface area contributed by atoms with Gasteiger partial charge < -0.3 is 49.6 Å². The van der Waals surface area contributed by atoms with Crippen molar-refractivity contribution in [3.8, 4) is 23.0 Å². The van der Waals surface area contributed by atoms with E-state index in [1.165, 1.54) is 13.2 Å². The van der Waals surface area contributed by atoms with Crippen molar-refractivity contribution < 1.29 is 49.6 Å². The normalized spacial score (nSPS) is 29.0. The van der Waals surface area contributed by atoms with E-state index in [0.717, 1.165) is 16.7 Å². The second-order valence-electron chi connectivity index (χ2n) is 9.64. The third-order valence-corrected chi connectivity index (χ3v) is 7.35. The molecule has 1 fully saturated rings. The van der Waals surface area contributed by atoms with Gasteiger partial charge in [0.05, 0.1) is 39.0 Å². The van der Waals surface area contributed by atoms with E-state index in [9.17, 15) is 30.6 Å². The van der Waals surface area contributed by atoms with Crippen molar-refractivity contribution in [2.24, 2.45) is 5.92 Å². The zero-order chi connectivity index (χ0) is 26.7. The number of benzene rings is 2. The van der Waals surface area contributed by atoms with Crippen molar-refractivity contribution in [1.82, 2.24) is 0 Å². The second kappa shape index (κ2) is 11.8. The van der Waals surface area contributed by atoms with Gasteiger partial charge in [-0.15, -0.1) is 0 Å². The van der Waals surface area contributed by atoms with E-state index < -0.39 is 36.4 Å². The predicted molar refractivity (Wildman–Crippen MR) is 132 cm³/mol. The van der Waals surface area contributed by atoms with E-state index >= 15 is 0 Å². The molecule has 204 valence electrons. The van der Waals surface area contributed by atoms with E-state index in [0.29, 0.717) is 24.3 Å². The van der Waals surface area contributed by atoms with Crippen molar-refractivity contribution >= 4 is 0 Å². The fourth-order valence-electron chi connectivity index (χ4n) is 5.24. The number of hydrogen-bond acceptors (Lipinski definition) is 10. The number of aryl methyl sites for hydroxylation is 1. The van der Waals surface area contributed by atoms with Crippen LogP contribution < -0.4 is 14.2 Å². The Morgan fingerprint density at radius 3 is 2.38 bits per heavy atom. The van der Waals surface area contributed by atoms with Gasteiger partial charge >= 0.3 is 0 Å². The Morgan fingerprint density at radius 1 is 0.946 bits per heavy atom. The van der Waals surface area contributed by atoms with Gasteiger partial charge in [0.2, 0.25) is 0 Å². The van der Waals surface area contributed by atoms with Crippen LogP contribution in [-0.2, 0) is 11.2 Å². The number of aliphatic hydroxyl groups excluding tert-OH is 5. The lowest BCUT2D eigenvalue weighted by Gasteiger charge is -2.40. The molecule has 37 heavy (non-hydrogen) atoms. The summed E-state index contributed by atoms with van der Waals surface area (Å²) in [5.74, 6) is 0.382. The van der Waals surface area contributed by atoms with Gasteiger partial charge in [-0.05, 0) is 48.6 Å². The summed E-state index contributed by atoms with van der Waals surface area (Å²) >= 11 is 0. The molecule has 1 aliphatic carbocycles. The summed E-state index contributed by atoms with van der Waals surface area (Å²) in [6.45, 7) is -0.199. The molecule has 1 saturated carbocycles. The molecule has 1 aliphatic heterocycles. The van der Waals surface area contributed by atoms with Crippen LogP contribution >= 0.6 is 0 Å². The van der Waals surface area contributed by atoms with Gasteiger partial charge in [-0.3, -0.25) is 0 Å². The standard InChI is InChI=1S/C27H36O10/c1-34-20-10-15(5-6-19(20)30)26-18(13-36-21-11-16(12-29)23(31)25(33)24(21)32)17-8-14(4-3-7-28)9-22(35-2)27(17)37-26/h5-6,8-10,16,18,21,23-26,28-33H,3-4,7,11-13H2,1-2H3/t16-,18-,21-,23-,24+,25+,26+/m1/s1. The van der Waals surface area contributed by atoms with Gasteiger partial charge in [-0.1, -0.05) is 12.1 Å². The number of methoxy groups -OCH3 is 2. The lowest BCUT2D eigenvalue weighted by molar-refractivity contribution is -0.179. The average molecular weight is 521 g/mol. The number of fused-ring (bicyclic) bond motifs is 1. The maximum atomic E-state index is 10.6. The minimum Gasteiger partial charge on any atom is -0.504 e. The molecular weight excluding hydrogens is 484 g/mol. The molecule has 6 N–H and O–H groups in total. The summed E-state index contributed by atoms with van der Waals surface area (Å²) in [6.07, 6.45) is -3.97. The number of hydrogen-bond donors (Lipinski definition) is 6. The molecule has 0 radical (unpaired) electrons. The second-order valence-corrected chi connectivity index (χ2v) is 9.64. The smallest absolute Gasteiger partial charge is 0.165 e. The Labute approximate surface area is 215 Å². The van der Waals surface area contributed by atoms with Gasteiger partial charge in [0.15, 0.2) is 23.0 Å². The largest absolute Gasteiger partial charge is 0.504 e. The van der Waals surface area contributed by atoms with Crippen LogP contribution in [0.4, 0.5) is 0 Å². The highest BCUT2D eigenvalue weighted by Gasteiger charge is 2.45. The van der Waals surface area contributed by atoms with Crippen LogP contribution in [0.1, 0.15) is 41.6 Å². The molecule has 0 aromatic heterocycles. The number of aliphatic hydroxyl groups is 5. The fourth-order valence-corrected chi connectivity index (χ4v) is 5.24. The molecule has 2 aromatic carbocycles. The molecule has 0 bridgehead atoms. The predicted octanol–water partition coefficient (Wildman–Crippen LogP) is 1.03. The maximum absolute atomic E-state index is 10.6. The topological polar surface area (TPSA) is 158 Å². The summed E-state index contributed by atoms with van der Waals surface area (Å²) in [6, 6.07) is 8.82. The molecule has 2 aliphatic rings.